The number of aromatic amines is 1. The summed E-state index contributed by atoms with van der Waals surface area (Å²) in [5.41, 5.74) is 2.68. The number of phenols is 1. The van der Waals surface area contributed by atoms with E-state index >= 15 is 0 Å². The molecule has 3 aromatic carbocycles. The zero-order valence-corrected chi connectivity index (χ0v) is 19.1. The van der Waals surface area contributed by atoms with Crippen molar-refractivity contribution < 1.29 is 52.9 Å². The lowest BCUT2D eigenvalue weighted by molar-refractivity contribution is -2.00. The number of nitrogens with one attached hydrogen (secondary N) is 1. The topological polar surface area (TPSA) is 175 Å². The molecule has 0 saturated heterocycles. The monoisotopic (exact) mass is 499 g/mol. The van der Waals surface area contributed by atoms with E-state index in [0.29, 0.717) is 44.5 Å². The Balaban J connectivity index is 0.000000527. The number of pyridine rings is 1. The van der Waals surface area contributed by atoms with Crippen molar-refractivity contribution in [2.75, 3.05) is 14.2 Å². The summed E-state index contributed by atoms with van der Waals surface area (Å²) in [5, 5.41) is 11.8. The fourth-order valence-electron chi connectivity index (χ4n) is 3.72. The number of aromatic nitrogens is 1. The molecule has 0 unspecified atom stereocenters. The van der Waals surface area contributed by atoms with Crippen LogP contribution < -0.4 is 38.5 Å². The molecule has 10 nitrogen and oxygen atoms in total. The van der Waals surface area contributed by atoms with Gasteiger partial charge in [-0.05, 0) is 30.3 Å². The zero-order chi connectivity index (χ0) is 25.3. The van der Waals surface area contributed by atoms with E-state index in [1.807, 2.05) is 24.3 Å². The van der Waals surface area contributed by atoms with Crippen molar-refractivity contribution in [3.8, 4) is 28.6 Å². The normalized spacial score (nSPS) is 11.4. The minimum absolute atomic E-state index is 0.0457. The van der Waals surface area contributed by atoms with Gasteiger partial charge in [0.2, 0.25) is 16.5 Å². The van der Waals surface area contributed by atoms with Crippen LogP contribution in [0.4, 0.5) is 0 Å². The number of benzene rings is 3. The number of para-hydroxylation sites is 1. The average Bonchev–Trinajstić information content (AvgIpc) is 2.82. The molecule has 0 fully saturated rings. The van der Waals surface area contributed by atoms with Crippen LogP contribution in [0, 0.1) is 10.2 Å². The second-order valence-corrected chi connectivity index (χ2v) is 8.09. The van der Waals surface area contributed by atoms with Gasteiger partial charge in [-0.3, -0.25) is 4.79 Å². The second kappa shape index (κ2) is 9.37. The molecule has 0 bridgehead atoms. The third kappa shape index (κ3) is 5.11. The molecule has 0 aliphatic rings. The molecule has 0 radical (unpaired) electrons. The summed E-state index contributed by atoms with van der Waals surface area (Å²) in [4.78, 5) is 16.3. The highest BCUT2D eigenvalue weighted by atomic mass is 35.7. The number of methoxy groups -OCH3 is 2. The quantitative estimate of drug-likeness (QED) is 0.322. The predicted octanol–water partition coefficient (Wildman–Crippen LogP) is -0.453. The summed E-state index contributed by atoms with van der Waals surface area (Å²) in [7, 11) is -1.88. The Kier molecular flexibility index (Phi) is 6.48. The SMILES string of the molecule is COc1cc(-c2cc(OC)c3cc4c(=O)c5ccccc5[nH+]c4cc3o2)ccc1O.[O-][Cl+3]([O-])([O-])[O-]. The van der Waals surface area contributed by atoms with Crippen molar-refractivity contribution in [2.24, 2.45) is 0 Å². The Hall–Kier alpha value is -3.93. The van der Waals surface area contributed by atoms with Crippen molar-refractivity contribution in [3.63, 3.8) is 0 Å². The summed E-state index contributed by atoms with van der Waals surface area (Å²) in [6, 6.07) is 17.7. The Morgan fingerprint density at radius 1 is 0.829 bits per heavy atom. The van der Waals surface area contributed by atoms with E-state index in [1.54, 1.807) is 43.5 Å². The first kappa shape index (κ1) is 24.2. The van der Waals surface area contributed by atoms with Gasteiger partial charge in [-0.15, -0.1) is 10.2 Å². The van der Waals surface area contributed by atoms with Crippen LogP contribution in [0.3, 0.4) is 0 Å². The van der Waals surface area contributed by atoms with E-state index in [4.69, 9.17) is 32.5 Å². The van der Waals surface area contributed by atoms with Crippen LogP contribution in [0.25, 0.3) is 44.1 Å². The van der Waals surface area contributed by atoms with Crippen LogP contribution in [0.15, 0.2) is 69.9 Å². The average molecular weight is 500 g/mol. The lowest BCUT2D eigenvalue weighted by atomic mass is 10.1. The zero-order valence-electron chi connectivity index (χ0n) is 18.4. The molecule has 0 spiro atoms. The molecule has 0 atom stereocenters. The van der Waals surface area contributed by atoms with E-state index in [0.717, 1.165) is 11.1 Å². The molecule has 11 heteroatoms. The van der Waals surface area contributed by atoms with Crippen molar-refractivity contribution in [3.05, 3.63) is 70.9 Å². The number of halogens is 1. The highest BCUT2D eigenvalue weighted by molar-refractivity contribution is 5.99. The molecule has 5 rings (SSSR count). The van der Waals surface area contributed by atoms with Gasteiger partial charge in [-0.2, -0.15) is 0 Å². The van der Waals surface area contributed by atoms with Crippen molar-refractivity contribution >= 4 is 32.8 Å². The lowest BCUT2D eigenvalue weighted by Gasteiger charge is -2.17. The molecule has 5 aromatic rings. The number of ether oxygens (including phenoxy) is 2. The highest BCUT2D eigenvalue weighted by Crippen LogP contribution is 2.37. The molecule has 0 aliphatic heterocycles. The first-order valence-corrected chi connectivity index (χ1v) is 11.2. The minimum atomic E-state index is -4.94. The van der Waals surface area contributed by atoms with E-state index in [1.165, 1.54) is 7.11 Å². The van der Waals surface area contributed by atoms with Crippen molar-refractivity contribution in [2.45, 2.75) is 0 Å². The molecular weight excluding hydrogens is 482 g/mol. The Morgan fingerprint density at radius 2 is 1.51 bits per heavy atom. The van der Waals surface area contributed by atoms with Gasteiger partial charge in [0.15, 0.2) is 11.5 Å². The van der Waals surface area contributed by atoms with Crippen LogP contribution in [-0.4, -0.2) is 19.3 Å². The summed E-state index contributed by atoms with van der Waals surface area (Å²) in [5.74, 6) is 1.51. The molecule has 2 aromatic heterocycles. The number of H-pyrrole nitrogens is 1. The van der Waals surface area contributed by atoms with Gasteiger partial charge in [0.1, 0.15) is 17.1 Å². The van der Waals surface area contributed by atoms with Crippen LogP contribution >= 0.6 is 0 Å². The maximum Gasteiger partial charge on any atom is 0.219 e. The van der Waals surface area contributed by atoms with E-state index in [9.17, 15) is 9.90 Å². The Bertz CT molecular complexity index is 1600. The molecule has 0 amide bonds. The second-order valence-electron chi connectivity index (χ2n) is 7.34. The summed E-state index contributed by atoms with van der Waals surface area (Å²) in [6.07, 6.45) is 0. The Labute approximate surface area is 199 Å². The third-order valence-corrected chi connectivity index (χ3v) is 5.24. The van der Waals surface area contributed by atoms with Gasteiger partial charge in [0.05, 0.1) is 36.4 Å². The summed E-state index contributed by atoms with van der Waals surface area (Å²) < 4.78 is 50.9. The first-order valence-electron chi connectivity index (χ1n) is 9.98. The van der Waals surface area contributed by atoms with E-state index in [2.05, 4.69) is 4.98 Å². The summed E-state index contributed by atoms with van der Waals surface area (Å²) in [6.45, 7) is 0. The number of fused-ring (bicyclic) bond motifs is 3. The van der Waals surface area contributed by atoms with Gasteiger partial charge in [0.25, 0.3) is 0 Å². The summed E-state index contributed by atoms with van der Waals surface area (Å²) >= 11 is 0. The molecule has 2 heterocycles. The molecule has 2 N–H and O–H groups in total. The van der Waals surface area contributed by atoms with Gasteiger partial charge in [0, 0.05) is 17.7 Å². The van der Waals surface area contributed by atoms with Crippen LogP contribution in [0.5, 0.6) is 17.2 Å². The number of hydrogen-bond donors (Lipinski definition) is 1. The number of aromatic hydroxyl groups is 1. The van der Waals surface area contributed by atoms with Gasteiger partial charge < -0.3 is 19.0 Å². The lowest BCUT2D eigenvalue weighted by Crippen LogP contribution is -2.68. The molecule has 180 valence electrons. The maximum absolute atomic E-state index is 13.0. The van der Waals surface area contributed by atoms with E-state index < -0.39 is 10.2 Å². The fourth-order valence-corrected chi connectivity index (χ4v) is 3.72. The molecule has 0 saturated carbocycles. The van der Waals surface area contributed by atoms with E-state index in [-0.39, 0.29) is 11.2 Å². The van der Waals surface area contributed by atoms with Gasteiger partial charge in [-0.25, -0.2) is 23.6 Å². The molecule has 0 aliphatic carbocycles. The third-order valence-electron chi connectivity index (χ3n) is 5.24. The standard InChI is InChI=1S/C24H17NO5.ClHO4/c1-28-21-12-20(13-7-8-19(26)23(9-13)29-2)30-22-11-18-15(10-16(21)22)24(27)14-5-3-4-6-17(14)25-18;2-1(3,4)5/h3-12,26H,1-2H3;(H,2,3,4,5). The van der Waals surface area contributed by atoms with Crippen LogP contribution in [-0.2, 0) is 0 Å². The van der Waals surface area contributed by atoms with Crippen molar-refractivity contribution in [1.82, 2.24) is 0 Å². The molecule has 35 heavy (non-hydrogen) atoms. The van der Waals surface area contributed by atoms with Gasteiger partial charge in [-0.1, -0.05) is 12.1 Å². The van der Waals surface area contributed by atoms with Crippen LogP contribution in [0.1, 0.15) is 0 Å². The number of hydrogen-bond acceptors (Lipinski definition) is 9. The largest absolute Gasteiger partial charge is 0.504 e. The Morgan fingerprint density at radius 3 is 2.20 bits per heavy atom. The highest BCUT2D eigenvalue weighted by Gasteiger charge is 2.17. The fraction of sp³-hybridized carbons (Fsp3) is 0.0833. The first-order chi connectivity index (χ1) is 16.6. The predicted molar refractivity (Wildman–Crippen MR) is 114 cm³/mol. The molecular formula is C24H18ClNO9. The van der Waals surface area contributed by atoms with Crippen molar-refractivity contribution in [1.29, 1.82) is 0 Å². The minimum Gasteiger partial charge on any atom is -0.504 e. The van der Waals surface area contributed by atoms with Gasteiger partial charge >= 0.3 is 0 Å². The smallest absolute Gasteiger partial charge is 0.219 e. The van der Waals surface area contributed by atoms with Crippen LogP contribution in [0.2, 0.25) is 0 Å². The number of phenolic OH excluding ortho intramolecular Hbond substituents is 1. The maximum atomic E-state index is 13.0. The number of rotatable bonds is 3.